The standard InChI is InChI=1S/C8H19NO3.C3H7NO/c1-3-10-6-5-9-12-8-7-11-4-2;1-2-5-3-4/h9H,3-8H2,1-2H3;2,4H2,1H3. The molecule has 104 valence electrons. The van der Waals surface area contributed by atoms with Crippen molar-refractivity contribution in [3.05, 3.63) is 6.73 Å². The molecule has 0 fully saturated rings. The Balaban J connectivity index is 0. The molecule has 17 heavy (non-hydrogen) atoms. The molecule has 0 aromatic rings. The van der Waals surface area contributed by atoms with E-state index >= 15 is 0 Å². The minimum atomic E-state index is 0.583. The Labute approximate surface area is 105 Å². The van der Waals surface area contributed by atoms with Gasteiger partial charge in [0.05, 0.1) is 19.8 Å². The van der Waals surface area contributed by atoms with Gasteiger partial charge in [-0.1, -0.05) is 0 Å². The third kappa shape index (κ3) is 25.8. The summed E-state index contributed by atoms with van der Waals surface area (Å²) in [4.78, 5) is 5.03. The number of nitrogens with one attached hydrogen (secondary N) is 1. The molecular formula is C11H26N2O4. The third-order valence-electron chi connectivity index (χ3n) is 1.42. The van der Waals surface area contributed by atoms with Gasteiger partial charge < -0.3 is 14.2 Å². The molecule has 0 amide bonds. The summed E-state index contributed by atoms with van der Waals surface area (Å²) in [7, 11) is 0. The van der Waals surface area contributed by atoms with Crippen LogP contribution in [0.2, 0.25) is 0 Å². The molecule has 0 rings (SSSR count). The van der Waals surface area contributed by atoms with Crippen molar-refractivity contribution in [1.82, 2.24) is 5.48 Å². The van der Waals surface area contributed by atoms with Gasteiger partial charge in [0.2, 0.25) is 6.73 Å². The normalized spacial score (nSPS) is 9.88. The van der Waals surface area contributed by atoms with E-state index in [1.807, 2.05) is 27.5 Å². The molecule has 0 atom stereocenters. The Kier molecular flexibility index (Phi) is 23.7. The van der Waals surface area contributed by atoms with Gasteiger partial charge in [-0.15, -0.1) is 0 Å². The molecule has 2 radical (unpaired) electrons. The molecule has 3 N–H and O–H groups in total. The molecule has 0 saturated carbocycles. The third-order valence-corrected chi connectivity index (χ3v) is 1.42. The first kappa shape index (κ1) is 19.1. The summed E-state index contributed by atoms with van der Waals surface area (Å²) in [5.41, 5.74) is 7.44. The average molecular weight is 250 g/mol. The molecule has 0 bridgehead atoms. The Morgan fingerprint density at radius 1 is 0.941 bits per heavy atom. The van der Waals surface area contributed by atoms with Crippen molar-refractivity contribution in [2.45, 2.75) is 20.8 Å². The maximum absolute atomic E-state index is 5.09. The number of hydroxylamine groups is 1. The van der Waals surface area contributed by atoms with Crippen molar-refractivity contribution < 1.29 is 19.0 Å². The monoisotopic (exact) mass is 250 g/mol. The highest BCUT2D eigenvalue weighted by Gasteiger charge is 1.87. The molecule has 0 aromatic heterocycles. The fraction of sp³-hybridized carbons (Fsp3) is 0.909. The molecule has 0 aliphatic heterocycles. The van der Waals surface area contributed by atoms with Gasteiger partial charge in [-0.3, -0.25) is 10.6 Å². The van der Waals surface area contributed by atoms with Crippen LogP contribution in [-0.2, 0) is 19.0 Å². The first-order valence-electron chi connectivity index (χ1n) is 5.90. The van der Waals surface area contributed by atoms with E-state index in [1.165, 1.54) is 0 Å². The van der Waals surface area contributed by atoms with Crippen LogP contribution in [0.3, 0.4) is 0 Å². The SMILES string of the molecule is CCOCCNOCCOCC.CCO[C]N. The van der Waals surface area contributed by atoms with Crippen molar-refractivity contribution in [3.8, 4) is 0 Å². The second-order valence-electron chi connectivity index (χ2n) is 2.69. The van der Waals surface area contributed by atoms with Crippen LogP contribution < -0.4 is 11.2 Å². The summed E-state index contributed by atoms with van der Waals surface area (Å²) < 4.78 is 14.5. The molecular weight excluding hydrogens is 224 g/mol. The van der Waals surface area contributed by atoms with Gasteiger partial charge in [0.25, 0.3) is 0 Å². The first-order valence-corrected chi connectivity index (χ1v) is 5.90. The van der Waals surface area contributed by atoms with Crippen LogP contribution >= 0.6 is 0 Å². The predicted molar refractivity (Wildman–Crippen MR) is 66.0 cm³/mol. The average Bonchev–Trinajstić information content (AvgIpc) is 2.34. The van der Waals surface area contributed by atoms with Crippen LogP contribution in [0, 0.1) is 6.73 Å². The van der Waals surface area contributed by atoms with Crippen LogP contribution in [0.1, 0.15) is 20.8 Å². The zero-order valence-corrected chi connectivity index (χ0v) is 11.2. The van der Waals surface area contributed by atoms with Gasteiger partial charge in [-0.25, -0.2) is 5.48 Å². The zero-order valence-electron chi connectivity index (χ0n) is 11.2. The van der Waals surface area contributed by atoms with E-state index in [2.05, 4.69) is 16.0 Å². The lowest BCUT2D eigenvalue weighted by molar-refractivity contribution is -0.0119. The fourth-order valence-electron chi connectivity index (χ4n) is 0.731. The largest absolute Gasteiger partial charge is 0.380 e. The second-order valence-corrected chi connectivity index (χ2v) is 2.69. The van der Waals surface area contributed by atoms with E-state index in [-0.39, 0.29) is 0 Å². The molecule has 0 aromatic carbocycles. The van der Waals surface area contributed by atoms with E-state index in [4.69, 9.17) is 14.3 Å². The molecule has 6 heteroatoms. The Bertz CT molecular complexity index is 106. The van der Waals surface area contributed by atoms with Gasteiger partial charge in [0.1, 0.15) is 0 Å². The minimum Gasteiger partial charge on any atom is -0.380 e. The lowest BCUT2D eigenvalue weighted by atomic mass is 10.7. The molecule has 0 aliphatic rings. The number of rotatable bonds is 11. The molecule has 6 nitrogen and oxygen atoms in total. The van der Waals surface area contributed by atoms with E-state index in [1.54, 1.807) is 0 Å². The maximum Gasteiger partial charge on any atom is 0.211 e. The smallest absolute Gasteiger partial charge is 0.211 e. The van der Waals surface area contributed by atoms with Crippen molar-refractivity contribution in [1.29, 1.82) is 0 Å². The van der Waals surface area contributed by atoms with Crippen LogP contribution in [0.4, 0.5) is 0 Å². The van der Waals surface area contributed by atoms with Crippen molar-refractivity contribution in [2.75, 3.05) is 46.2 Å². The van der Waals surface area contributed by atoms with E-state index in [0.717, 1.165) is 19.8 Å². The predicted octanol–water partition coefficient (Wildman–Crippen LogP) is 0.558. The number of nitrogens with two attached hydrogens (primary N) is 1. The van der Waals surface area contributed by atoms with Gasteiger partial charge in [0.15, 0.2) is 0 Å². The Morgan fingerprint density at radius 2 is 1.59 bits per heavy atom. The summed E-state index contributed by atoms with van der Waals surface area (Å²) in [6.45, 7) is 12.5. The van der Waals surface area contributed by atoms with Crippen LogP contribution in [0.5, 0.6) is 0 Å². The van der Waals surface area contributed by atoms with Crippen molar-refractivity contribution >= 4 is 0 Å². The highest BCUT2D eigenvalue weighted by atomic mass is 16.7. The molecule has 0 aliphatic carbocycles. The van der Waals surface area contributed by atoms with Gasteiger partial charge in [-0.05, 0) is 20.8 Å². The fourth-order valence-corrected chi connectivity index (χ4v) is 0.731. The zero-order chi connectivity index (χ0) is 13.2. The Morgan fingerprint density at radius 3 is 2.06 bits per heavy atom. The van der Waals surface area contributed by atoms with Crippen molar-refractivity contribution in [3.63, 3.8) is 0 Å². The second kappa shape index (κ2) is 21.1. The molecule has 0 saturated heterocycles. The number of hydrogen-bond donors (Lipinski definition) is 2. The summed E-state index contributed by atoms with van der Waals surface area (Å²) in [5.74, 6) is 0. The minimum absolute atomic E-state index is 0.583. The topological polar surface area (TPSA) is 75.0 Å². The van der Waals surface area contributed by atoms with Crippen LogP contribution in [0.25, 0.3) is 0 Å². The summed E-state index contributed by atoms with van der Waals surface area (Å²) in [6, 6.07) is 0. The number of hydrogen-bond acceptors (Lipinski definition) is 6. The number of ether oxygens (including phenoxy) is 3. The molecule has 0 unspecified atom stereocenters. The van der Waals surface area contributed by atoms with E-state index in [0.29, 0.717) is 26.4 Å². The molecule has 0 heterocycles. The highest BCUT2D eigenvalue weighted by Crippen LogP contribution is 1.75. The lowest BCUT2D eigenvalue weighted by Crippen LogP contribution is -2.22. The summed E-state index contributed by atoms with van der Waals surface area (Å²) in [5, 5.41) is 0. The highest BCUT2D eigenvalue weighted by molar-refractivity contribution is 4.31. The maximum atomic E-state index is 5.09. The first-order chi connectivity index (χ1) is 8.33. The molecule has 0 spiro atoms. The van der Waals surface area contributed by atoms with E-state index < -0.39 is 0 Å². The lowest BCUT2D eigenvalue weighted by Gasteiger charge is -2.05. The summed E-state index contributed by atoms with van der Waals surface area (Å²) in [6.07, 6.45) is 0. The quantitative estimate of drug-likeness (QED) is 0.317. The summed E-state index contributed by atoms with van der Waals surface area (Å²) >= 11 is 0. The van der Waals surface area contributed by atoms with Gasteiger partial charge >= 0.3 is 0 Å². The van der Waals surface area contributed by atoms with Gasteiger partial charge in [0, 0.05) is 26.4 Å². The van der Waals surface area contributed by atoms with Crippen molar-refractivity contribution in [2.24, 2.45) is 5.73 Å². The van der Waals surface area contributed by atoms with Crippen LogP contribution in [-0.4, -0.2) is 46.2 Å². The Hall–Kier alpha value is -0.240. The van der Waals surface area contributed by atoms with Crippen LogP contribution in [0.15, 0.2) is 0 Å². The van der Waals surface area contributed by atoms with E-state index in [9.17, 15) is 0 Å². The van der Waals surface area contributed by atoms with Gasteiger partial charge in [-0.2, -0.15) is 0 Å².